The Morgan fingerprint density at radius 3 is 2.09 bits per heavy atom. The molecule has 0 spiro atoms. The van der Waals surface area contributed by atoms with E-state index in [1.165, 1.54) is 0 Å². The Balaban J connectivity index is 1.54. The van der Waals surface area contributed by atoms with E-state index in [1.807, 2.05) is 45.0 Å². The second kappa shape index (κ2) is 11.7. The van der Waals surface area contributed by atoms with Gasteiger partial charge in [0.25, 0.3) is 0 Å². The lowest BCUT2D eigenvalue weighted by Crippen LogP contribution is -2.43. The highest BCUT2D eigenvalue weighted by molar-refractivity contribution is 5.79. The van der Waals surface area contributed by atoms with Crippen LogP contribution in [0.2, 0.25) is 0 Å². The fraction of sp³-hybridized carbons (Fsp3) is 0.444. The van der Waals surface area contributed by atoms with Crippen molar-refractivity contribution in [1.29, 1.82) is 0 Å². The molecule has 0 saturated heterocycles. The van der Waals surface area contributed by atoms with Crippen LogP contribution in [0, 0.1) is 11.8 Å². The van der Waals surface area contributed by atoms with Gasteiger partial charge < -0.3 is 20.5 Å². The molecule has 1 aliphatic carbocycles. The molecule has 7 heteroatoms. The number of rotatable bonds is 11. The van der Waals surface area contributed by atoms with Crippen LogP contribution < -0.4 is 10.6 Å². The third-order valence-electron chi connectivity index (χ3n) is 6.49. The average Bonchev–Trinajstić information content (AvgIpc) is 3.13. The van der Waals surface area contributed by atoms with Crippen LogP contribution in [0.15, 0.2) is 48.5 Å². The molecule has 0 heterocycles. The van der Waals surface area contributed by atoms with Crippen molar-refractivity contribution >= 4 is 18.0 Å². The minimum atomic E-state index is -0.877. The molecule has 0 aromatic heterocycles. The van der Waals surface area contributed by atoms with Crippen LogP contribution in [0.25, 0.3) is 11.1 Å². The molecular weight excluding hydrogens is 432 g/mol. The fourth-order valence-corrected chi connectivity index (χ4v) is 4.38. The minimum Gasteiger partial charge on any atom is -0.481 e. The number of fused-ring (bicyclic) bond motifs is 3. The van der Waals surface area contributed by atoms with E-state index in [2.05, 4.69) is 34.9 Å². The van der Waals surface area contributed by atoms with Gasteiger partial charge in [0, 0.05) is 31.3 Å². The summed E-state index contributed by atoms with van der Waals surface area (Å²) in [4.78, 5) is 36.0. The lowest BCUT2D eigenvalue weighted by atomic mass is 9.98. The van der Waals surface area contributed by atoms with Gasteiger partial charge in [-0.3, -0.25) is 9.59 Å². The van der Waals surface area contributed by atoms with Gasteiger partial charge in [0.2, 0.25) is 5.91 Å². The molecule has 0 saturated carbocycles. The summed E-state index contributed by atoms with van der Waals surface area (Å²) in [6.07, 6.45) is 0.233. The first kappa shape index (κ1) is 25.3. The summed E-state index contributed by atoms with van der Waals surface area (Å²) in [5, 5.41) is 14.6. The van der Waals surface area contributed by atoms with Crippen molar-refractivity contribution in [3.8, 4) is 11.1 Å². The topological polar surface area (TPSA) is 105 Å². The van der Waals surface area contributed by atoms with Crippen LogP contribution in [0.3, 0.4) is 0 Å². The summed E-state index contributed by atoms with van der Waals surface area (Å²) in [6.45, 7) is 6.28. The summed E-state index contributed by atoms with van der Waals surface area (Å²) in [6, 6.07) is 15.9. The minimum absolute atomic E-state index is 0.0163. The zero-order valence-electron chi connectivity index (χ0n) is 20.0. The summed E-state index contributed by atoms with van der Waals surface area (Å²) in [7, 11) is 0. The Morgan fingerprint density at radius 1 is 0.971 bits per heavy atom. The number of ether oxygens (including phenoxy) is 1. The van der Waals surface area contributed by atoms with Crippen LogP contribution in [0.1, 0.15) is 57.1 Å². The van der Waals surface area contributed by atoms with E-state index in [0.717, 1.165) is 22.3 Å². The van der Waals surface area contributed by atoms with E-state index in [9.17, 15) is 14.4 Å². The van der Waals surface area contributed by atoms with Gasteiger partial charge in [-0.25, -0.2) is 4.79 Å². The molecule has 0 radical (unpaired) electrons. The Bertz CT molecular complexity index is 974. The standard InChI is InChI=1S/C27H34N2O5/c1-4-18(13-26(31)32)15-28-25(30)14-24(17(2)3)29-27(33)34-16-23-21-11-7-5-9-19(21)20-10-6-8-12-22(20)23/h5-12,17-18,23-24H,4,13-16H2,1-3H3,(H,28,30)(H,29,33)(H,31,32)/t18?,24-/m1/s1. The molecule has 3 N–H and O–H groups in total. The zero-order chi connectivity index (χ0) is 24.7. The maximum absolute atomic E-state index is 12.6. The normalized spacial score (nSPS) is 14.1. The maximum Gasteiger partial charge on any atom is 0.407 e. The monoisotopic (exact) mass is 466 g/mol. The Hall–Kier alpha value is -3.35. The van der Waals surface area contributed by atoms with Crippen molar-refractivity contribution in [3.05, 3.63) is 59.7 Å². The SMILES string of the molecule is CCC(CNC(=O)C[C@@H](NC(=O)OCC1c2ccccc2-c2ccccc21)C(C)C)CC(=O)O. The number of amides is 2. The lowest BCUT2D eigenvalue weighted by Gasteiger charge is -2.23. The molecular formula is C27H34N2O5. The number of alkyl carbamates (subject to hydrolysis) is 1. The largest absolute Gasteiger partial charge is 0.481 e. The number of carboxylic acids is 1. The Kier molecular flexibility index (Phi) is 8.68. The Labute approximate surface area is 200 Å². The number of carbonyl (C=O) groups excluding carboxylic acids is 2. The molecule has 34 heavy (non-hydrogen) atoms. The quantitative estimate of drug-likeness (QED) is 0.450. The highest BCUT2D eigenvalue weighted by Crippen LogP contribution is 2.44. The van der Waals surface area contributed by atoms with Crippen molar-refractivity contribution in [2.45, 2.75) is 52.0 Å². The highest BCUT2D eigenvalue weighted by Gasteiger charge is 2.29. The van der Waals surface area contributed by atoms with E-state index in [4.69, 9.17) is 9.84 Å². The molecule has 0 aliphatic heterocycles. The summed E-state index contributed by atoms with van der Waals surface area (Å²) >= 11 is 0. The van der Waals surface area contributed by atoms with E-state index in [0.29, 0.717) is 13.0 Å². The molecule has 2 amide bonds. The third kappa shape index (κ3) is 6.37. The molecule has 0 bridgehead atoms. The van der Waals surface area contributed by atoms with Gasteiger partial charge in [0.1, 0.15) is 6.61 Å². The van der Waals surface area contributed by atoms with Gasteiger partial charge in [-0.05, 0) is 34.1 Å². The predicted octanol–water partition coefficient (Wildman–Crippen LogP) is 4.56. The van der Waals surface area contributed by atoms with E-state index in [-0.39, 0.29) is 43.1 Å². The molecule has 3 rings (SSSR count). The van der Waals surface area contributed by atoms with E-state index >= 15 is 0 Å². The molecule has 2 aromatic rings. The fourth-order valence-electron chi connectivity index (χ4n) is 4.38. The van der Waals surface area contributed by atoms with Gasteiger partial charge in [-0.2, -0.15) is 0 Å². The maximum atomic E-state index is 12.6. The van der Waals surface area contributed by atoms with Crippen molar-refractivity contribution in [2.24, 2.45) is 11.8 Å². The number of carboxylic acid groups (broad SMARTS) is 1. The van der Waals surface area contributed by atoms with Crippen molar-refractivity contribution in [2.75, 3.05) is 13.2 Å². The van der Waals surface area contributed by atoms with Gasteiger partial charge in [-0.15, -0.1) is 0 Å². The number of benzene rings is 2. The van der Waals surface area contributed by atoms with E-state index < -0.39 is 18.1 Å². The van der Waals surface area contributed by atoms with Crippen LogP contribution >= 0.6 is 0 Å². The highest BCUT2D eigenvalue weighted by atomic mass is 16.5. The predicted molar refractivity (Wildman–Crippen MR) is 130 cm³/mol. The van der Waals surface area contributed by atoms with Gasteiger partial charge >= 0.3 is 12.1 Å². The number of aliphatic carboxylic acids is 1. The van der Waals surface area contributed by atoms with Crippen LogP contribution in [0.5, 0.6) is 0 Å². The first-order valence-electron chi connectivity index (χ1n) is 11.9. The molecule has 7 nitrogen and oxygen atoms in total. The smallest absolute Gasteiger partial charge is 0.407 e. The lowest BCUT2D eigenvalue weighted by molar-refractivity contribution is -0.138. The van der Waals surface area contributed by atoms with Crippen molar-refractivity contribution in [3.63, 3.8) is 0 Å². The summed E-state index contributed by atoms with van der Waals surface area (Å²) < 4.78 is 5.61. The number of hydrogen-bond acceptors (Lipinski definition) is 4. The summed E-state index contributed by atoms with van der Waals surface area (Å²) in [5.74, 6) is -1.22. The van der Waals surface area contributed by atoms with Gasteiger partial charge in [0.15, 0.2) is 0 Å². The number of carbonyl (C=O) groups is 3. The second-order valence-corrected chi connectivity index (χ2v) is 9.20. The first-order valence-corrected chi connectivity index (χ1v) is 11.9. The molecule has 182 valence electrons. The van der Waals surface area contributed by atoms with Gasteiger partial charge in [0.05, 0.1) is 0 Å². The first-order chi connectivity index (χ1) is 16.3. The summed E-state index contributed by atoms with van der Waals surface area (Å²) in [5.41, 5.74) is 4.61. The average molecular weight is 467 g/mol. The van der Waals surface area contributed by atoms with Gasteiger partial charge in [-0.1, -0.05) is 75.7 Å². The molecule has 0 fully saturated rings. The number of nitrogens with one attached hydrogen (secondary N) is 2. The van der Waals surface area contributed by atoms with Crippen LogP contribution in [0.4, 0.5) is 4.79 Å². The molecule has 2 atom stereocenters. The Morgan fingerprint density at radius 2 is 1.56 bits per heavy atom. The molecule has 2 aromatic carbocycles. The zero-order valence-corrected chi connectivity index (χ0v) is 20.0. The van der Waals surface area contributed by atoms with E-state index in [1.54, 1.807) is 0 Å². The third-order valence-corrected chi connectivity index (χ3v) is 6.49. The van der Waals surface area contributed by atoms with Crippen LogP contribution in [-0.4, -0.2) is 42.3 Å². The van der Waals surface area contributed by atoms with Crippen molar-refractivity contribution < 1.29 is 24.2 Å². The second-order valence-electron chi connectivity index (χ2n) is 9.20. The number of hydrogen-bond donors (Lipinski definition) is 3. The van der Waals surface area contributed by atoms with Crippen molar-refractivity contribution in [1.82, 2.24) is 10.6 Å². The van der Waals surface area contributed by atoms with Crippen LogP contribution in [-0.2, 0) is 14.3 Å². The molecule has 1 unspecified atom stereocenters. The molecule has 1 aliphatic rings.